The van der Waals surface area contributed by atoms with Crippen LogP contribution in [0.2, 0.25) is 0 Å². The third kappa shape index (κ3) is 3.65. The van der Waals surface area contributed by atoms with Crippen LogP contribution >= 0.6 is 0 Å². The van der Waals surface area contributed by atoms with Crippen molar-refractivity contribution in [3.63, 3.8) is 0 Å². The molecule has 1 saturated heterocycles. The molecule has 2 aliphatic rings. The predicted octanol–water partition coefficient (Wildman–Crippen LogP) is 3.46. The van der Waals surface area contributed by atoms with Gasteiger partial charge < -0.3 is 9.80 Å². The van der Waals surface area contributed by atoms with Crippen molar-refractivity contribution in [3.05, 3.63) is 59.7 Å². The lowest BCUT2D eigenvalue weighted by atomic mass is 9.98. The van der Waals surface area contributed by atoms with E-state index < -0.39 is 5.95 Å². The first-order valence-corrected chi connectivity index (χ1v) is 9.04. The number of rotatable bonds is 4. The van der Waals surface area contributed by atoms with E-state index in [0.717, 1.165) is 30.5 Å². The lowest BCUT2D eigenvalue weighted by molar-refractivity contribution is 0.157. The average Bonchev–Trinajstić information content (AvgIpc) is 3.03. The molecule has 0 radical (unpaired) electrons. The zero-order chi connectivity index (χ0) is 17.2. The van der Waals surface area contributed by atoms with Crippen molar-refractivity contribution in [1.82, 2.24) is 14.8 Å². The van der Waals surface area contributed by atoms with Gasteiger partial charge in [-0.1, -0.05) is 24.3 Å². The number of likely N-dealkylation sites (N-methyl/N-ethyl adjacent to an activating group) is 1. The average molecular weight is 337 g/mol. The molecular formula is C21H24FN3. The Hall–Kier alpha value is -2.04. The molecule has 0 spiro atoms. The van der Waals surface area contributed by atoms with Crippen LogP contribution in [-0.2, 0) is 6.42 Å². The summed E-state index contributed by atoms with van der Waals surface area (Å²) >= 11 is 0. The summed E-state index contributed by atoms with van der Waals surface area (Å²) in [7, 11) is 2.19. The van der Waals surface area contributed by atoms with Crippen molar-refractivity contribution < 1.29 is 4.39 Å². The number of halogens is 1. The van der Waals surface area contributed by atoms with Crippen molar-refractivity contribution in [1.29, 1.82) is 0 Å². The quantitative estimate of drug-likeness (QED) is 0.797. The van der Waals surface area contributed by atoms with Crippen LogP contribution in [0.15, 0.2) is 42.6 Å². The molecule has 0 amide bonds. The minimum atomic E-state index is -0.427. The van der Waals surface area contributed by atoms with Gasteiger partial charge in [-0.25, -0.2) is 4.98 Å². The summed E-state index contributed by atoms with van der Waals surface area (Å²) in [5, 5.41) is 0. The number of allylic oxidation sites excluding steroid dienone is 1. The van der Waals surface area contributed by atoms with Crippen LogP contribution in [-0.4, -0.2) is 54.6 Å². The first-order valence-electron chi connectivity index (χ1n) is 9.04. The maximum Gasteiger partial charge on any atom is 0.213 e. The maximum absolute atomic E-state index is 13.4. The van der Waals surface area contributed by atoms with Gasteiger partial charge >= 0.3 is 0 Å². The van der Waals surface area contributed by atoms with Crippen molar-refractivity contribution in [2.45, 2.75) is 12.8 Å². The van der Waals surface area contributed by atoms with Gasteiger partial charge in [-0.3, -0.25) is 0 Å². The molecule has 0 N–H and O–H groups in total. The number of benzene rings is 1. The summed E-state index contributed by atoms with van der Waals surface area (Å²) in [5.74, 6) is -0.427. The van der Waals surface area contributed by atoms with Crippen molar-refractivity contribution in [2.75, 3.05) is 39.8 Å². The molecule has 1 aromatic heterocycles. The Kier molecular flexibility index (Phi) is 4.64. The Morgan fingerprint density at radius 3 is 2.64 bits per heavy atom. The second kappa shape index (κ2) is 7.06. The third-order valence-electron chi connectivity index (χ3n) is 5.37. The second-order valence-corrected chi connectivity index (χ2v) is 7.07. The van der Waals surface area contributed by atoms with Crippen molar-refractivity contribution >= 4 is 5.57 Å². The van der Waals surface area contributed by atoms with Gasteiger partial charge in [0.15, 0.2) is 0 Å². The number of piperazine rings is 1. The predicted molar refractivity (Wildman–Crippen MR) is 99.9 cm³/mol. The van der Waals surface area contributed by atoms with E-state index in [1.54, 1.807) is 0 Å². The van der Waals surface area contributed by atoms with Crippen LogP contribution in [0.3, 0.4) is 0 Å². The summed E-state index contributed by atoms with van der Waals surface area (Å²) in [6.45, 7) is 5.81. The van der Waals surface area contributed by atoms with Gasteiger partial charge in [0.25, 0.3) is 0 Å². The molecule has 1 fully saturated rings. The van der Waals surface area contributed by atoms with Gasteiger partial charge in [0.05, 0.1) is 0 Å². The molecule has 130 valence electrons. The lowest BCUT2D eigenvalue weighted by Crippen LogP contribution is -2.44. The van der Waals surface area contributed by atoms with E-state index in [0.29, 0.717) is 0 Å². The molecule has 3 nitrogen and oxygen atoms in total. The van der Waals surface area contributed by atoms with Gasteiger partial charge in [0, 0.05) is 45.0 Å². The molecule has 1 aliphatic carbocycles. The summed E-state index contributed by atoms with van der Waals surface area (Å²) in [5.41, 5.74) is 6.13. The fourth-order valence-corrected chi connectivity index (χ4v) is 3.77. The third-order valence-corrected chi connectivity index (χ3v) is 5.37. The molecule has 1 aromatic carbocycles. The summed E-state index contributed by atoms with van der Waals surface area (Å²) in [6, 6.07) is 9.86. The molecule has 4 rings (SSSR count). The smallest absolute Gasteiger partial charge is 0.213 e. The van der Waals surface area contributed by atoms with E-state index in [4.69, 9.17) is 0 Å². The zero-order valence-electron chi connectivity index (χ0n) is 14.7. The molecule has 0 unspecified atom stereocenters. The fraction of sp³-hybridized carbons (Fsp3) is 0.381. The number of nitrogens with zero attached hydrogens (tertiary/aromatic N) is 3. The highest BCUT2D eigenvalue weighted by atomic mass is 19.1. The van der Waals surface area contributed by atoms with E-state index in [1.807, 2.05) is 6.07 Å². The van der Waals surface area contributed by atoms with E-state index >= 15 is 0 Å². The number of hydrogen-bond acceptors (Lipinski definition) is 3. The molecule has 25 heavy (non-hydrogen) atoms. The van der Waals surface area contributed by atoms with Gasteiger partial charge in [-0.05, 0) is 53.8 Å². The van der Waals surface area contributed by atoms with E-state index in [1.165, 1.54) is 55.1 Å². The molecule has 4 heteroatoms. The molecule has 0 saturated carbocycles. The van der Waals surface area contributed by atoms with Crippen LogP contribution < -0.4 is 0 Å². The summed E-state index contributed by atoms with van der Waals surface area (Å²) in [4.78, 5) is 8.59. The lowest BCUT2D eigenvalue weighted by Gasteiger charge is -2.32. The molecule has 1 aliphatic heterocycles. The van der Waals surface area contributed by atoms with Gasteiger partial charge in [0.1, 0.15) is 0 Å². The van der Waals surface area contributed by atoms with Crippen LogP contribution in [0.5, 0.6) is 0 Å². The van der Waals surface area contributed by atoms with Crippen LogP contribution in [0.1, 0.15) is 17.5 Å². The highest BCUT2D eigenvalue weighted by molar-refractivity contribution is 5.76. The first-order chi connectivity index (χ1) is 12.2. The highest BCUT2D eigenvalue weighted by Gasteiger charge is 2.18. The van der Waals surface area contributed by atoms with Gasteiger partial charge in [0.2, 0.25) is 5.95 Å². The Morgan fingerprint density at radius 1 is 1.04 bits per heavy atom. The second-order valence-electron chi connectivity index (χ2n) is 7.07. The van der Waals surface area contributed by atoms with E-state index in [2.05, 4.69) is 46.1 Å². The number of aromatic nitrogens is 1. The van der Waals surface area contributed by atoms with E-state index in [-0.39, 0.29) is 0 Å². The normalized spacial score (nSPS) is 18.2. The molecule has 0 bridgehead atoms. The van der Waals surface area contributed by atoms with Crippen LogP contribution in [0, 0.1) is 5.95 Å². The number of fused-ring (bicyclic) bond motifs is 1. The first kappa shape index (κ1) is 16.4. The molecule has 0 atom stereocenters. The Morgan fingerprint density at radius 2 is 1.84 bits per heavy atom. The fourth-order valence-electron chi connectivity index (χ4n) is 3.77. The summed E-state index contributed by atoms with van der Waals surface area (Å²) < 4.78 is 13.4. The Balaban J connectivity index is 1.44. The SMILES string of the molecule is CN1CCN(CCC2=CCc3cc(-c4ccnc(F)c4)ccc32)CC1. The highest BCUT2D eigenvalue weighted by Crippen LogP contribution is 2.33. The maximum atomic E-state index is 13.4. The van der Waals surface area contributed by atoms with Crippen LogP contribution in [0.25, 0.3) is 16.7 Å². The van der Waals surface area contributed by atoms with E-state index in [9.17, 15) is 4.39 Å². The largest absolute Gasteiger partial charge is 0.304 e. The molecule has 2 aromatic rings. The minimum Gasteiger partial charge on any atom is -0.304 e. The Bertz CT molecular complexity index is 791. The topological polar surface area (TPSA) is 19.4 Å². The minimum absolute atomic E-state index is 0.427. The molecular weight excluding hydrogens is 313 g/mol. The summed E-state index contributed by atoms with van der Waals surface area (Å²) in [6.07, 6.45) is 5.98. The zero-order valence-corrected chi connectivity index (χ0v) is 14.7. The van der Waals surface area contributed by atoms with Crippen molar-refractivity contribution in [3.8, 4) is 11.1 Å². The number of hydrogen-bond donors (Lipinski definition) is 0. The van der Waals surface area contributed by atoms with Gasteiger partial charge in [-0.2, -0.15) is 4.39 Å². The van der Waals surface area contributed by atoms with Crippen molar-refractivity contribution in [2.24, 2.45) is 0 Å². The van der Waals surface area contributed by atoms with Gasteiger partial charge in [-0.15, -0.1) is 0 Å². The molecule has 2 heterocycles. The van der Waals surface area contributed by atoms with Crippen LogP contribution in [0.4, 0.5) is 4.39 Å². The monoisotopic (exact) mass is 337 g/mol. The standard InChI is InChI=1S/C21H24FN3/c1-24-10-12-25(13-11-24)9-7-16-2-3-19-14-17(4-5-20(16)19)18-6-8-23-21(22)15-18/h2,4-6,8,14-15H,3,7,9-13H2,1H3. The Labute approximate surface area is 148 Å². The number of pyridine rings is 1.